The molecule has 8 heteroatoms. The average Bonchev–Trinajstić information content (AvgIpc) is 2.45. The van der Waals surface area contributed by atoms with Crippen LogP contribution in [-0.4, -0.2) is 4.98 Å². The molecule has 114 valence electrons. The first-order valence-electron chi connectivity index (χ1n) is 5.78. The van der Waals surface area contributed by atoms with Gasteiger partial charge >= 0.3 is 12.4 Å². The van der Waals surface area contributed by atoms with Crippen LogP contribution < -0.4 is 0 Å². The number of hydrogen-bond donors (Lipinski definition) is 0. The number of pyridine rings is 1. The van der Waals surface area contributed by atoms with Crippen molar-refractivity contribution in [3.63, 3.8) is 0 Å². The van der Waals surface area contributed by atoms with Crippen molar-refractivity contribution in [1.29, 1.82) is 5.26 Å². The van der Waals surface area contributed by atoms with Gasteiger partial charge < -0.3 is 0 Å². The molecule has 2 aromatic rings. The van der Waals surface area contributed by atoms with Crippen molar-refractivity contribution in [1.82, 2.24) is 4.98 Å². The molecule has 0 unspecified atom stereocenters. The molecule has 0 radical (unpaired) electrons. The number of rotatable bonds is 1. The van der Waals surface area contributed by atoms with Crippen LogP contribution in [0.3, 0.4) is 0 Å². The van der Waals surface area contributed by atoms with Crippen molar-refractivity contribution < 1.29 is 26.3 Å². The highest BCUT2D eigenvalue weighted by atomic mass is 19.4. The molecule has 0 N–H and O–H groups in total. The molecular weight excluding hydrogens is 310 g/mol. The fourth-order valence-electron chi connectivity index (χ4n) is 1.87. The van der Waals surface area contributed by atoms with E-state index in [-0.39, 0.29) is 11.3 Å². The van der Waals surface area contributed by atoms with Gasteiger partial charge in [0.2, 0.25) is 0 Å². The highest BCUT2D eigenvalue weighted by molar-refractivity contribution is 5.69. The van der Waals surface area contributed by atoms with E-state index >= 15 is 0 Å². The first-order chi connectivity index (χ1) is 10.1. The molecule has 0 aliphatic rings. The van der Waals surface area contributed by atoms with E-state index in [4.69, 9.17) is 5.26 Å². The molecule has 0 saturated carbocycles. The average molecular weight is 316 g/mol. The number of halogens is 6. The maximum Gasteiger partial charge on any atom is 0.417 e. The summed E-state index contributed by atoms with van der Waals surface area (Å²) in [5.41, 5.74) is -3.42. The van der Waals surface area contributed by atoms with Crippen molar-refractivity contribution in [3.8, 4) is 17.2 Å². The van der Waals surface area contributed by atoms with E-state index in [0.29, 0.717) is 18.2 Å². The van der Waals surface area contributed by atoms with E-state index in [0.717, 1.165) is 18.3 Å². The van der Waals surface area contributed by atoms with E-state index in [1.807, 2.05) is 0 Å². The molecule has 2 nitrogen and oxygen atoms in total. The minimum atomic E-state index is -4.82. The molecule has 0 atom stereocenters. The summed E-state index contributed by atoms with van der Waals surface area (Å²) in [7, 11) is 0. The molecule has 1 aromatic heterocycles. The summed E-state index contributed by atoms with van der Waals surface area (Å²) in [6, 6.07) is 4.92. The monoisotopic (exact) mass is 316 g/mol. The van der Waals surface area contributed by atoms with Gasteiger partial charge in [0.15, 0.2) is 0 Å². The summed E-state index contributed by atoms with van der Waals surface area (Å²) in [6.07, 6.45) is -8.53. The van der Waals surface area contributed by atoms with Gasteiger partial charge in [-0.2, -0.15) is 31.6 Å². The van der Waals surface area contributed by atoms with Crippen LogP contribution in [-0.2, 0) is 12.4 Å². The van der Waals surface area contributed by atoms with Gasteiger partial charge in [-0.25, -0.2) is 4.98 Å². The topological polar surface area (TPSA) is 36.7 Å². The smallest absolute Gasteiger partial charge is 0.246 e. The molecule has 0 spiro atoms. The second-order valence-electron chi connectivity index (χ2n) is 4.30. The van der Waals surface area contributed by atoms with Gasteiger partial charge in [0, 0.05) is 6.20 Å². The lowest BCUT2D eigenvalue weighted by Gasteiger charge is -2.16. The van der Waals surface area contributed by atoms with Crippen LogP contribution in [0, 0.1) is 11.3 Å². The van der Waals surface area contributed by atoms with Crippen LogP contribution in [0.5, 0.6) is 0 Å². The lowest BCUT2D eigenvalue weighted by atomic mass is 9.97. The molecule has 0 amide bonds. The van der Waals surface area contributed by atoms with Crippen LogP contribution in [0.4, 0.5) is 26.3 Å². The van der Waals surface area contributed by atoms with Gasteiger partial charge in [0.25, 0.3) is 0 Å². The Labute approximate surface area is 120 Å². The minimum absolute atomic E-state index is 0.162. The standard InChI is InChI=1S/C14H6F6N2/c15-13(16,17)9-1-2-12(14(18,19)20)11(6-9)8-3-4-22-10(5-8)7-21/h1-6H. The van der Waals surface area contributed by atoms with Gasteiger partial charge in [0.05, 0.1) is 11.1 Å². The van der Waals surface area contributed by atoms with E-state index in [1.54, 1.807) is 6.07 Å². The van der Waals surface area contributed by atoms with Gasteiger partial charge in [-0.05, 0) is 41.5 Å². The summed E-state index contributed by atoms with van der Waals surface area (Å²) in [5.74, 6) is 0. The predicted molar refractivity (Wildman–Crippen MR) is 64.4 cm³/mol. The van der Waals surface area contributed by atoms with Crippen LogP contribution in [0.1, 0.15) is 16.8 Å². The molecule has 0 bridgehead atoms. The van der Waals surface area contributed by atoms with Crippen molar-refractivity contribution in [3.05, 3.63) is 53.3 Å². The van der Waals surface area contributed by atoms with Crippen LogP contribution >= 0.6 is 0 Å². The molecule has 0 aliphatic carbocycles. The Morgan fingerprint density at radius 2 is 1.59 bits per heavy atom. The Hall–Kier alpha value is -2.56. The molecule has 0 saturated heterocycles. The summed E-state index contributed by atoms with van der Waals surface area (Å²) in [6.45, 7) is 0. The van der Waals surface area contributed by atoms with Crippen molar-refractivity contribution >= 4 is 0 Å². The molecule has 2 rings (SSSR count). The quantitative estimate of drug-likeness (QED) is 0.718. The van der Waals surface area contributed by atoms with Gasteiger partial charge in [0.1, 0.15) is 11.8 Å². The maximum atomic E-state index is 13.0. The summed E-state index contributed by atoms with van der Waals surface area (Å²) in [4.78, 5) is 3.58. The van der Waals surface area contributed by atoms with Crippen molar-refractivity contribution in [2.24, 2.45) is 0 Å². The Morgan fingerprint density at radius 3 is 2.14 bits per heavy atom. The van der Waals surface area contributed by atoms with Crippen LogP contribution in [0.25, 0.3) is 11.1 Å². The Kier molecular flexibility index (Phi) is 3.83. The third-order valence-electron chi connectivity index (χ3n) is 2.84. The Bertz CT molecular complexity index is 740. The number of nitrogens with zero attached hydrogens (tertiary/aromatic N) is 2. The fraction of sp³-hybridized carbons (Fsp3) is 0.143. The first kappa shape index (κ1) is 15.8. The van der Waals surface area contributed by atoms with E-state index in [1.165, 1.54) is 0 Å². The molecule has 1 aromatic carbocycles. The second-order valence-corrected chi connectivity index (χ2v) is 4.30. The van der Waals surface area contributed by atoms with E-state index in [2.05, 4.69) is 4.98 Å². The first-order valence-corrected chi connectivity index (χ1v) is 5.78. The molecule has 0 fully saturated rings. The third-order valence-corrected chi connectivity index (χ3v) is 2.84. The SMILES string of the molecule is N#Cc1cc(-c2cc(C(F)(F)F)ccc2C(F)(F)F)ccn1. The molecule has 0 aliphatic heterocycles. The Balaban J connectivity index is 2.72. The normalized spacial score (nSPS) is 12.0. The second kappa shape index (κ2) is 5.33. The fourth-order valence-corrected chi connectivity index (χ4v) is 1.87. The summed E-state index contributed by atoms with van der Waals surface area (Å²) < 4.78 is 77.1. The molecule has 22 heavy (non-hydrogen) atoms. The number of benzene rings is 1. The van der Waals surface area contributed by atoms with Crippen LogP contribution in [0.2, 0.25) is 0 Å². The minimum Gasteiger partial charge on any atom is -0.246 e. The zero-order chi connectivity index (χ0) is 16.5. The highest BCUT2D eigenvalue weighted by Gasteiger charge is 2.37. The molecule has 1 heterocycles. The summed E-state index contributed by atoms with van der Waals surface area (Å²) in [5, 5.41) is 8.71. The zero-order valence-electron chi connectivity index (χ0n) is 10.6. The van der Waals surface area contributed by atoms with Gasteiger partial charge in [-0.3, -0.25) is 0 Å². The van der Waals surface area contributed by atoms with Crippen molar-refractivity contribution in [2.45, 2.75) is 12.4 Å². The van der Waals surface area contributed by atoms with E-state index in [9.17, 15) is 26.3 Å². The number of aromatic nitrogens is 1. The largest absolute Gasteiger partial charge is 0.417 e. The van der Waals surface area contributed by atoms with Gasteiger partial charge in [-0.1, -0.05) is 0 Å². The zero-order valence-corrected chi connectivity index (χ0v) is 10.6. The lowest BCUT2D eigenvalue weighted by Crippen LogP contribution is -2.11. The number of alkyl halides is 6. The lowest BCUT2D eigenvalue weighted by molar-refractivity contribution is -0.141. The number of hydrogen-bond acceptors (Lipinski definition) is 2. The number of nitriles is 1. The third kappa shape index (κ3) is 3.19. The maximum absolute atomic E-state index is 13.0. The Morgan fingerprint density at radius 1 is 0.909 bits per heavy atom. The van der Waals surface area contributed by atoms with E-state index < -0.39 is 29.0 Å². The van der Waals surface area contributed by atoms with Gasteiger partial charge in [-0.15, -0.1) is 0 Å². The highest BCUT2D eigenvalue weighted by Crippen LogP contribution is 2.40. The summed E-state index contributed by atoms with van der Waals surface area (Å²) >= 11 is 0. The van der Waals surface area contributed by atoms with Crippen molar-refractivity contribution in [2.75, 3.05) is 0 Å². The predicted octanol–water partition coefficient (Wildman–Crippen LogP) is 4.66. The van der Waals surface area contributed by atoms with Crippen LogP contribution in [0.15, 0.2) is 36.5 Å². The molecular formula is C14H6F6N2.